The number of nitrogens with one attached hydrogen (secondary N) is 1. The SMILES string of the molecule is Cc1cnc2c(C(=O)N3CCCNC(=O)[C@@H]4C[C@@H]5CCCN5[C@@]45C(=O)N(CCC3)c3ccccc35)cnn2c1. The highest BCUT2D eigenvalue weighted by Crippen LogP contribution is 2.57. The van der Waals surface area contributed by atoms with Crippen LogP contribution in [0.25, 0.3) is 5.65 Å². The molecule has 1 spiro atoms. The van der Waals surface area contributed by atoms with Crippen molar-refractivity contribution in [1.29, 1.82) is 0 Å². The topological polar surface area (TPSA) is 103 Å². The van der Waals surface area contributed by atoms with E-state index in [0.717, 1.165) is 36.2 Å². The number of anilines is 1. The molecule has 3 amide bonds. The molecule has 2 bridgehead atoms. The van der Waals surface area contributed by atoms with Crippen molar-refractivity contribution in [2.24, 2.45) is 5.92 Å². The lowest BCUT2D eigenvalue weighted by Gasteiger charge is -2.37. The van der Waals surface area contributed by atoms with Gasteiger partial charge in [-0.1, -0.05) is 18.2 Å². The Morgan fingerprint density at radius 2 is 1.90 bits per heavy atom. The molecule has 7 rings (SSSR count). The van der Waals surface area contributed by atoms with E-state index in [4.69, 9.17) is 0 Å². The molecule has 3 fully saturated rings. The van der Waals surface area contributed by atoms with Gasteiger partial charge in [-0.15, -0.1) is 0 Å². The maximum Gasteiger partial charge on any atom is 0.259 e. The van der Waals surface area contributed by atoms with Crippen molar-refractivity contribution in [3.63, 3.8) is 0 Å². The number of fused-ring (bicyclic) bond motifs is 5. The average Bonchev–Trinajstić information content (AvgIpc) is 3.69. The Hall–Kier alpha value is -3.79. The Bertz CT molecular complexity index is 1480. The van der Waals surface area contributed by atoms with Crippen molar-refractivity contribution in [2.45, 2.75) is 50.6 Å². The number of amides is 3. The van der Waals surface area contributed by atoms with Gasteiger partial charge in [-0.2, -0.15) is 5.10 Å². The number of aryl methyl sites for hydroxylation is 1. The summed E-state index contributed by atoms with van der Waals surface area (Å²) in [5, 5.41) is 7.47. The van der Waals surface area contributed by atoms with Gasteiger partial charge in [-0.05, 0) is 57.2 Å². The first-order chi connectivity index (χ1) is 19.0. The Kier molecular flexibility index (Phi) is 5.69. The molecule has 3 saturated heterocycles. The number of hydrogen-bond acceptors (Lipinski definition) is 6. The van der Waals surface area contributed by atoms with Gasteiger partial charge in [0.15, 0.2) is 5.65 Å². The zero-order chi connectivity index (χ0) is 26.7. The first-order valence-electron chi connectivity index (χ1n) is 14.1. The van der Waals surface area contributed by atoms with E-state index in [1.807, 2.05) is 47.2 Å². The lowest BCUT2D eigenvalue weighted by atomic mass is 9.78. The highest BCUT2D eigenvalue weighted by atomic mass is 16.2. The van der Waals surface area contributed by atoms with Crippen molar-refractivity contribution in [2.75, 3.05) is 37.6 Å². The standard InChI is InChI=1S/C29H33N7O3/c1-19-16-31-25-21(17-32-36(25)18-19)27(38)33-11-5-10-30-26(37)23-15-20-7-4-14-35(20)29(23)22-8-2-3-9-24(22)34(28(29)39)13-6-12-33/h2-3,8-9,16-18,20,23H,4-7,10-15H2,1H3,(H,30,37)/t20-,23-,29+/m0/s1. The van der Waals surface area contributed by atoms with Crippen LogP contribution >= 0.6 is 0 Å². The van der Waals surface area contributed by atoms with Gasteiger partial charge in [0.05, 0.1) is 12.1 Å². The van der Waals surface area contributed by atoms with Gasteiger partial charge in [-0.25, -0.2) is 9.50 Å². The van der Waals surface area contributed by atoms with Crippen molar-refractivity contribution in [3.05, 3.63) is 59.5 Å². The summed E-state index contributed by atoms with van der Waals surface area (Å²) in [5.74, 6) is -0.613. The van der Waals surface area contributed by atoms with Crippen molar-refractivity contribution in [3.8, 4) is 0 Å². The van der Waals surface area contributed by atoms with E-state index in [9.17, 15) is 14.4 Å². The van der Waals surface area contributed by atoms with Crippen LogP contribution in [0.15, 0.2) is 42.9 Å². The van der Waals surface area contributed by atoms with Crippen LogP contribution in [-0.2, 0) is 15.1 Å². The summed E-state index contributed by atoms with van der Waals surface area (Å²) in [6.07, 6.45) is 9.19. The maximum absolute atomic E-state index is 14.4. The predicted octanol–water partition coefficient (Wildman–Crippen LogP) is 2.12. The molecule has 1 N–H and O–H groups in total. The Balaban J connectivity index is 1.22. The monoisotopic (exact) mass is 527 g/mol. The second-order valence-electron chi connectivity index (χ2n) is 11.3. The summed E-state index contributed by atoms with van der Waals surface area (Å²) in [7, 11) is 0. The Morgan fingerprint density at radius 3 is 2.79 bits per heavy atom. The molecule has 0 saturated carbocycles. The van der Waals surface area contributed by atoms with E-state index in [2.05, 4.69) is 20.3 Å². The molecule has 0 aliphatic carbocycles. The molecule has 0 radical (unpaired) electrons. The minimum Gasteiger partial charge on any atom is -0.356 e. The lowest BCUT2D eigenvalue weighted by molar-refractivity contribution is -0.138. The van der Waals surface area contributed by atoms with Crippen LogP contribution in [-0.4, -0.2) is 80.9 Å². The van der Waals surface area contributed by atoms with Crippen LogP contribution < -0.4 is 10.2 Å². The summed E-state index contributed by atoms with van der Waals surface area (Å²) in [5.41, 5.74) is 2.86. The molecule has 10 nitrogen and oxygen atoms in total. The first kappa shape index (κ1) is 24.3. The number of benzene rings is 1. The molecular weight excluding hydrogens is 494 g/mol. The van der Waals surface area contributed by atoms with Gasteiger partial charge < -0.3 is 15.1 Å². The average molecular weight is 528 g/mol. The largest absolute Gasteiger partial charge is 0.356 e. The van der Waals surface area contributed by atoms with E-state index >= 15 is 0 Å². The predicted molar refractivity (Wildman–Crippen MR) is 144 cm³/mol. The number of para-hydroxylation sites is 1. The van der Waals surface area contributed by atoms with Gasteiger partial charge in [-0.3, -0.25) is 19.3 Å². The number of carbonyl (C=O) groups excluding carboxylic acids is 3. The van der Waals surface area contributed by atoms with Crippen molar-refractivity contribution < 1.29 is 14.4 Å². The number of aromatic nitrogens is 3. The molecule has 2 aromatic heterocycles. The normalized spacial score (nSPS) is 27.4. The molecule has 6 heterocycles. The van der Waals surface area contributed by atoms with Crippen LogP contribution in [0.5, 0.6) is 0 Å². The summed E-state index contributed by atoms with van der Waals surface area (Å²) in [6, 6.07) is 8.23. The second-order valence-corrected chi connectivity index (χ2v) is 11.3. The number of rotatable bonds is 1. The fraction of sp³-hybridized carbons (Fsp3) is 0.483. The minimum atomic E-state index is -0.938. The second kappa shape index (κ2) is 9.15. The quantitative estimate of drug-likeness (QED) is 0.520. The molecule has 0 unspecified atom stereocenters. The van der Waals surface area contributed by atoms with Crippen LogP contribution in [0.1, 0.15) is 53.6 Å². The van der Waals surface area contributed by atoms with E-state index in [0.29, 0.717) is 56.7 Å². The van der Waals surface area contributed by atoms with Gasteiger partial charge in [0.1, 0.15) is 11.1 Å². The van der Waals surface area contributed by atoms with Gasteiger partial charge in [0.25, 0.3) is 11.8 Å². The summed E-state index contributed by atoms with van der Waals surface area (Å²) in [4.78, 5) is 52.3. The van der Waals surface area contributed by atoms with E-state index < -0.39 is 11.5 Å². The molecule has 4 aliphatic heterocycles. The van der Waals surface area contributed by atoms with E-state index in [1.54, 1.807) is 16.9 Å². The molecule has 4 aliphatic rings. The maximum atomic E-state index is 14.4. The fourth-order valence-corrected chi connectivity index (χ4v) is 7.41. The first-order valence-corrected chi connectivity index (χ1v) is 14.1. The minimum absolute atomic E-state index is 0.00701. The smallest absolute Gasteiger partial charge is 0.259 e. The van der Waals surface area contributed by atoms with E-state index in [1.165, 1.54) is 0 Å². The van der Waals surface area contributed by atoms with Gasteiger partial charge in [0.2, 0.25) is 5.91 Å². The third-order valence-corrected chi connectivity index (χ3v) is 9.05. The molecule has 202 valence electrons. The Labute approximate surface area is 227 Å². The molecule has 3 aromatic rings. The summed E-state index contributed by atoms with van der Waals surface area (Å²) >= 11 is 0. The van der Waals surface area contributed by atoms with Crippen molar-refractivity contribution >= 4 is 29.1 Å². The summed E-state index contributed by atoms with van der Waals surface area (Å²) in [6.45, 7) is 4.69. The Morgan fingerprint density at radius 1 is 1.05 bits per heavy atom. The highest BCUT2D eigenvalue weighted by molar-refractivity contribution is 6.11. The lowest BCUT2D eigenvalue weighted by Crippen LogP contribution is -2.56. The molecule has 3 atom stereocenters. The fourth-order valence-electron chi connectivity index (χ4n) is 7.41. The molecule has 1 aromatic carbocycles. The molecule has 39 heavy (non-hydrogen) atoms. The van der Waals surface area contributed by atoms with Crippen LogP contribution in [0.2, 0.25) is 0 Å². The highest BCUT2D eigenvalue weighted by Gasteiger charge is 2.67. The van der Waals surface area contributed by atoms with Crippen molar-refractivity contribution in [1.82, 2.24) is 29.7 Å². The summed E-state index contributed by atoms with van der Waals surface area (Å²) < 4.78 is 1.63. The zero-order valence-electron chi connectivity index (χ0n) is 22.2. The van der Waals surface area contributed by atoms with Crippen LogP contribution in [0, 0.1) is 12.8 Å². The number of carbonyl (C=O) groups is 3. The number of hydrogen-bond donors (Lipinski definition) is 1. The van der Waals surface area contributed by atoms with Gasteiger partial charge >= 0.3 is 0 Å². The zero-order valence-corrected chi connectivity index (χ0v) is 22.2. The molecular formula is C29H33N7O3. The molecule has 10 heteroatoms. The number of nitrogens with zero attached hydrogens (tertiary/aromatic N) is 6. The third kappa shape index (κ3) is 3.53. The van der Waals surface area contributed by atoms with Crippen LogP contribution in [0.4, 0.5) is 5.69 Å². The van der Waals surface area contributed by atoms with Gasteiger partial charge in [0, 0.05) is 55.9 Å². The van der Waals surface area contributed by atoms with E-state index in [-0.39, 0.29) is 23.8 Å². The third-order valence-electron chi connectivity index (χ3n) is 9.05. The van der Waals surface area contributed by atoms with Crippen LogP contribution in [0.3, 0.4) is 0 Å².